The summed E-state index contributed by atoms with van der Waals surface area (Å²) < 4.78 is 0. The average molecular weight is 381 g/mol. The Hall–Kier alpha value is -1.98. The van der Waals surface area contributed by atoms with Gasteiger partial charge in [0.25, 0.3) is 0 Å². The van der Waals surface area contributed by atoms with Gasteiger partial charge >= 0.3 is 0 Å². The van der Waals surface area contributed by atoms with Crippen molar-refractivity contribution >= 4 is 16.8 Å². The van der Waals surface area contributed by atoms with Crippen LogP contribution in [0, 0.1) is 6.92 Å². The highest BCUT2D eigenvalue weighted by atomic mass is 16.2. The number of aromatic nitrogens is 1. The Morgan fingerprint density at radius 1 is 1.14 bits per heavy atom. The van der Waals surface area contributed by atoms with Crippen molar-refractivity contribution in [2.24, 2.45) is 0 Å². The Morgan fingerprint density at radius 3 is 2.82 bits per heavy atom. The first-order valence-corrected chi connectivity index (χ1v) is 10.6. The number of carbonyl (C=O) groups excluding carboxylic acids is 1. The molecule has 0 saturated carbocycles. The molecule has 2 saturated heterocycles. The Labute approximate surface area is 168 Å². The summed E-state index contributed by atoms with van der Waals surface area (Å²) >= 11 is 0. The number of likely N-dealkylation sites (tertiary alicyclic amines) is 1. The van der Waals surface area contributed by atoms with Gasteiger partial charge in [0, 0.05) is 62.8 Å². The summed E-state index contributed by atoms with van der Waals surface area (Å²) in [7, 11) is 2.25. The number of hydrogen-bond donors (Lipinski definition) is 0. The molecule has 28 heavy (non-hydrogen) atoms. The molecule has 3 heterocycles. The van der Waals surface area contributed by atoms with E-state index in [-0.39, 0.29) is 5.54 Å². The second-order valence-corrected chi connectivity index (χ2v) is 8.51. The van der Waals surface area contributed by atoms with Gasteiger partial charge in [-0.2, -0.15) is 0 Å². The minimum Gasteiger partial charge on any atom is -0.343 e. The van der Waals surface area contributed by atoms with Crippen molar-refractivity contribution in [1.29, 1.82) is 0 Å². The maximum absolute atomic E-state index is 12.4. The van der Waals surface area contributed by atoms with E-state index >= 15 is 0 Å². The molecule has 1 aromatic heterocycles. The minimum atomic E-state index is 0.106. The first kappa shape index (κ1) is 19.3. The topological polar surface area (TPSA) is 39.7 Å². The van der Waals surface area contributed by atoms with E-state index in [4.69, 9.17) is 0 Å². The summed E-state index contributed by atoms with van der Waals surface area (Å²) in [6.45, 7) is 10.1. The molecule has 1 atom stereocenters. The summed E-state index contributed by atoms with van der Waals surface area (Å²) in [5.41, 5.74) is 3.91. The van der Waals surface area contributed by atoms with E-state index in [0.717, 1.165) is 57.6 Å². The summed E-state index contributed by atoms with van der Waals surface area (Å²) in [4.78, 5) is 24.1. The Kier molecular flexibility index (Phi) is 5.39. The van der Waals surface area contributed by atoms with Gasteiger partial charge in [-0.05, 0) is 57.0 Å². The first-order valence-electron chi connectivity index (χ1n) is 10.6. The zero-order valence-electron chi connectivity index (χ0n) is 17.4. The van der Waals surface area contributed by atoms with Gasteiger partial charge < -0.3 is 4.90 Å². The van der Waals surface area contributed by atoms with Crippen LogP contribution in [0.25, 0.3) is 10.9 Å². The third-order valence-electron chi connectivity index (χ3n) is 6.98. The van der Waals surface area contributed by atoms with Crippen molar-refractivity contribution in [1.82, 2.24) is 19.7 Å². The summed E-state index contributed by atoms with van der Waals surface area (Å²) in [6, 6.07) is 8.54. The first-order chi connectivity index (χ1) is 13.5. The highest BCUT2D eigenvalue weighted by Crippen LogP contribution is 2.33. The van der Waals surface area contributed by atoms with Crippen LogP contribution in [0.15, 0.2) is 30.5 Å². The smallest absolute Gasteiger partial charge is 0.222 e. The van der Waals surface area contributed by atoms with Crippen LogP contribution in [0.1, 0.15) is 37.3 Å². The number of carbonyl (C=O) groups is 1. The Morgan fingerprint density at radius 2 is 2.00 bits per heavy atom. The maximum Gasteiger partial charge on any atom is 0.222 e. The number of hydrogen-bond acceptors (Lipinski definition) is 4. The van der Waals surface area contributed by atoms with Gasteiger partial charge in [-0.25, -0.2) is 0 Å². The van der Waals surface area contributed by atoms with E-state index < -0.39 is 0 Å². The zero-order valence-corrected chi connectivity index (χ0v) is 17.4. The lowest BCUT2D eigenvalue weighted by molar-refractivity contribution is -0.130. The van der Waals surface area contributed by atoms with Gasteiger partial charge in [-0.15, -0.1) is 0 Å². The van der Waals surface area contributed by atoms with E-state index in [2.05, 4.69) is 53.9 Å². The van der Waals surface area contributed by atoms with Crippen molar-refractivity contribution in [3.63, 3.8) is 0 Å². The van der Waals surface area contributed by atoms with Gasteiger partial charge in [0.15, 0.2) is 0 Å². The molecule has 0 N–H and O–H groups in total. The zero-order chi connectivity index (χ0) is 19.7. The number of benzene rings is 1. The van der Waals surface area contributed by atoms with Crippen LogP contribution >= 0.6 is 0 Å². The second-order valence-electron chi connectivity index (χ2n) is 8.51. The predicted octanol–water partition coefficient (Wildman–Crippen LogP) is 3.06. The van der Waals surface area contributed by atoms with Crippen molar-refractivity contribution in [3.05, 3.63) is 41.6 Å². The highest BCUT2D eigenvalue weighted by molar-refractivity contribution is 5.83. The van der Waals surface area contributed by atoms with Crippen LogP contribution in [0.2, 0.25) is 0 Å². The number of fused-ring (bicyclic) bond motifs is 1. The highest BCUT2D eigenvalue weighted by Gasteiger charge is 2.42. The minimum absolute atomic E-state index is 0.106. The fourth-order valence-electron chi connectivity index (χ4n) is 5.00. The predicted molar refractivity (Wildman–Crippen MR) is 113 cm³/mol. The van der Waals surface area contributed by atoms with E-state index in [0.29, 0.717) is 12.3 Å². The van der Waals surface area contributed by atoms with Gasteiger partial charge in [0.2, 0.25) is 5.91 Å². The van der Waals surface area contributed by atoms with Crippen LogP contribution in [-0.2, 0) is 11.3 Å². The summed E-state index contributed by atoms with van der Waals surface area (Å²) in [5.74, 6) is 0.320. The molecule has 0 bridgehead atoms. The van der Waals surface area contributed by atoms with Crippen LogP contribution < -0.4 is 0 Å². The number of rotatable bonds is 3. The van der Waals surface area contributed by atoms with Gasteiger partial charge in [-0.3, -0.25) is 19.6 Å². The van der Waals surface area contributed by atoms with Gasteiger partial charge in [0.1, 0.15) is 0 Å². The number of likely N-dealkylation sites (N-methyl/N-ethyl adjacent to an activating group) is 1. The molecular formula is C23H32N4O. The molecule has 2 aliphatic rings. The molecule has 2 fully saturated rings. The molecule has 4 rings (SSSR count). The molecule has 2 aliphatic heterocycles. The molecule has 1 aromatic carbocycles. The van der Waals surface area contributed by atoms with Crippen LogP contribution in [0.4, 0.5) is 0 Å². The lowest BCUT2D eigenvalue weighted by Gasteiger charge is -2.49. The molecule has 1 spiro atoms. The summed E-state index contributed by atoms with van der Waals surface area (Å²) in [6.07, 6.45) is 4.57. The lowest BCUT2D eigenvalue weighted by atomic mass is 9.86. The van der Waals surface area contributed by atoms with Crippen LogP contribution in [0.3, 0.4) is 0 Å². The molecule has 5 nitrogen and oxygen atoms in total. The van der Waals surface area contributed by atoms with Crippen LogP contribution in [-0.4, -0.2) is 70.9 Å². The third-order valence-corrected chi connectivity index (χ3v) is 6.98. The molecule has 1 amide bonds. The number of pyridine rings is 1. The van der Waals surface area contributed by atoms with Crippen LogP contribution in [0.5, 0.6) is 0 Å². The fraction of sp³-hybridized carbons (Fsp3) is 0.565. The quantitative estimate of drug-likeness (QED) is 0.821. The fourth-order valence-corrected chi connectivity index (χ4v) is 5.00. The van der Waals surface area contributed by atoms with E-state index in [1.807, 2.05) is 17.2 Å². The van der Waals surface area contributed by atoms with E-state index in [9.17, 15) is 4.79 Å². The molecule has 2 aromatic rings. The van der Waals surface area contributed by atoms with Crippen molar-refractivity contribution in [2.75, 3.05) is 39.8 Å². The SMILES string of the molecule is CCN1CC[C@]2(CCC1=O)CN(Cc1c(C)ccc3ncccc13)CCN2C. The van der Waals surface area contributed by atoms with E-state index in [1.165, 1.54) is 16.5 Å². The number of nitrogens with zero attached hydrogens (tertiary/aromatic N) is 4. The maximum atomic E-state index is 12.4. The standard InChI is InChI=1S/C23H32N4O/c1-4-27-13-11-23(10-9-22(27)28)17-26(15-14-25(23)3)16-20-18(2)7-8-21-19(20)6-5-12-24-21/h5-8,12H,4,9-11,13-17H2,1-3H3/t23-/m1/s1. The lowest BCUT2D eigenvalue weighted by Crippen LogP contribution is -2.60. The van der Waals surface area contributed by atoms with Crippen molar-refractivity contribution in [2.45, 2.75) is 45.2 Å². The molecule has 0 radical (unpaired) electrons. The normalized spacial score (nSPS) is 24.8. The number of piperazine rings is 1. The Bertz CT molecular complexity index is 867. The number of aryl methyl sites for hydroxylation is 1. The van der Waals surface area contributed by atoms with Gasteiger partial charge in [0.05, 0.1) is 5.52 Å². The van der Waals surface area contributed by atoms with Crippen molar-refractivity contribution in [3.8, 4) is 0 Å². The van der Waals surface area contributed by atoms with Crippen molar-refractivity contribution < 1.29 is 4.79 Å². The monoisotopic (exact) mass is 380 g/mol. The molecule has 150 valence electrons. The average Bonchev–Trinajstić information content (AvgIpc) is 2.86. The molecule has 0 unspecified atom stereocenters. The number of amides is 1. The third kappa shape index (κ3) is 3.53. The molecular weight excluding hydrogens is 348 g/mol. The largest absolute Gasteiger partial charge is 0.343 e. The second kappa shape index (κ2) is 7.80. The van der Waals surface area contributed by atoms with E-state index in [1.54, 1.807) is 0 Å². The Balaban J connectivity index is 1.58. The molecule has 5 heteroatoms. The molecule has 0 aliphatic carbocycles. The summed E-state index contributed by atoms with van der Waals surface area (Å²) in [5, 5.41) is 1.27. The van der Waals surface area contributed by atoms with Gasteiger partial charge in [-0.1, -0.05) is 12.1 Å².